The van der Waals surface area contributed by atoms with E-state index in [2.05, 4.69) is 45.6 Å². The van der Waals surface area contributed by atoms with Crippen LogP contribution in [-0.2, 0) is 0 Å². The highest BCUT2D eigenvalue weighted by Gasteiger charge is 2.14. The molecular weight excluding hydrogens is 190 g/mol. The van der Waals surface area contributed by atoms with Crippen molar-refractivity contribution in [1.29, 1.82) is 0 Å². The minimum atomic E-state index is 0.413. The van der Waals surface area contributed by atoms with Crippen molar-refractivity contribution in [2.75, 3.05) is 11.4 Å². The summed E-state index contributed by atoms with van der Waals surface area (Å²) in [4.78, 5) is 17.8. The fourth-order valence-electron chi connectivity index (χ4n) is 1.73. The molecule has 0 aliphatic carbocycles. The Kier molecular flexibility index (Phi) is 2.53. The van der Waals surface area contributed by atoms with Crippen molar-refractivity contribution >= 4 is 17.0 Å². The Morgan fingerprint density at radius 1 is 1.33 bits per heavy atom. The number of hydrogen-bond acceptors (Lipinski definition) is 4. The van der Waals surface area contributed by atoms with Crippen LogP contribution in [0, 0.1) is 0 Å². The largest absolute Gasteiger partial charge is 0.353 e. The first-order chi connectivity index (χ1) is 7.24. The van der Waals surface area contributed by atoms with E-state index in [4.69, 9.17) is 0 Å². The van der Waals surface area contributed by atoms with Crippen LogP contribution in [0.3, 0.4) is 0 Å². The number of rotatable bonds is 3. The predicted octanol–water partition coefficient (Wildman–Crippen LogP) is 1.59. The average molecular weight is 205 g/mol. The van der Waals surface area contributed by atoms with Crippen molar-refractivity contribution in [3.8, 4) is 0 Å². The number of aromatic nitrogens is 4. The van der Waals surface area contributed by atoms with E-state index in [0.29, 0.717) is 6.04 Å². The summed E-state index contributed by atoms with van der Waals surface area (Å²) in [6.45, 7) is 7.33. The van der Waals surface area contributed by atoms with Gasteiger partial charge in [-0.3, -0.25) is 0 Å². The summed E-state index contributed by atoms with van der Waals surface area (Å²) < 4.78 is 0. The molecule has 0 atom stereocenters. The summed E-state index contributed by atoms with van der Waals surface area (Å²) in [6, 6.07) is 0.413. The Bertz CT molecular complexity index is 448. The smallest absolute Gasteiger partial charge is 0.182 e. The molecule has 0 bridgehead atoms. The summed E-state index contributed by atoms with van der Waals surface area (Å²) in [6.07, 6.45) is 3.21. The summed E-state index contributed by atoms with van der Waals surface area (Å²) in [5, 5.41) is 0. The Balaban J connectivity index is 2.54. The van der Waals surface area contributed by atoms with Gasteiger partial charge in [-0.2, -0.15) is 0 Å². The normalized spacial score (nSPS) is 11.2. The van der Waals surface area contributed by atoms with E-state index in [9.17, 15) is 0 Å². The molecule has 0 aromatic carbocycles. The van der Waals surface area contributed by atoms with E-state index in [1.54, 1.807) is 12.7 Å². The molecule has 0 saturated heterocycles. The maximum absolute atomic E-state index is 4.32. The molecule has 15 heavy (non-hydrogen) atoms. The molecule has 2 heterocycles. The van der Waals surface area contributed by atoms with Crippen molar-refractivity contribution in [3.63, 3.8) is 0 Å². The topological polar surface area (TPSA) is 57.7 Å². The summed E-state index contributed by atoms with van der Waals surface area (Å²) in [5.41, 5.74) is 1.63. The van der Waals surface area contributed by atoms with E-state index >= 15 is 0 Å². The first-order valence-electron chi connectivity index (χ1n) is 5.14. The third-order valence-electron chi connectivity index (χ3n) is 2.44. The van der Waals surface area contributed by atoms with Gasteiger partial charge in [0.05, 0.1) is 6.33 Å². The van der Waals surface area contributed by atoms with Crippen molar-refractivity contribution in [1.82, 2.24) is 19.9 Å². The SMILES string of the molecule is CCN(c1ncnc2nc[nH]c12)C(C)C. The van der Waals surface area contributed by atoms with Gasteiger partial charge in [0.25, 0.3) is 0 Å². The van der Waals surface area contributed by atoms with Crippen LogP contribution >= 0.6 is 0 Å². The molecule has 2 rings (SSSR count). The molecule has 0 amide bonds. The van der Waals surface area contributed by atoms with Crippen molar-refractivity contribution in [2.24, 2.45) is 0 Å². The highest BCUT2D eigenvalue weighted by atomic mass is 15.2. The lowest BCUT2D eigenvalue weighted by molar-refractivity contribution is 0.695. The summed E-state index contributed by atoms with van der Waals surface area (Å²) in [5.74, 6) is 0.926. The molecule has 5 nitrogen and oxygen atoms in total. The van der Waals surface area contributed by atoms with E-state index in [-0.39, 0.29) is 0 Å². The number of nitrogens with zero attached hydrogens (tertiary/aromatic N) is 4. The van der Waals surface area contributed by atoms with Crippen LogP contribution in [0.15, 0.2) is 12.7 Å². The van der Waals surface area contributed by atoms with Gasteiger partial charge in [-0.25, -0.2) is 15.0 Å². The zero-order chi connectivity index (χ0) is 10.8. The van der Waals surface area contributed by atoms with Crippen LogP contribution < -0.4 is 4.90 Å². The lowest BCUT2D eigenvalue weighted by Crippen LogP contribution is -2.31. The first kappa shape index (κ1) is 9.89. The number of aromatic amines is 1. The molecule has 0 spiro atoms. The number of fused-ring (bicyclic) bond motifs is 1. The van der Waals surface area contributed by atoms with Gasteiger partial charge in [-0.1, -0.05) is 0 Å². The zero-order valence-electron chi connectivity index (χ0n) is 9.23. The molecule has 2 aromatic heterocycles. The lowest BCUT2D eigenvalue weighted by Gasteiger charge is -2.26. The summed E-state index contributed by atoms with van der Waals surface area (Å²) in [7, 11) is 0. The molecule has 0 aliphatic heterocycles. The van der Waals surface area contributed by atoms with Gasteiger partial charge in [-0.05, 0) is 20.8 Å². The fraction of sp³-hybridized carbons (Fsp3) is 0.500. The third-order valence-corrected chi connectivity index (χ3v) is 2.44. The van der Waals surface area contributed by atoms with Crippen molar-refractivity contribution in [2.45, 2.75) is 26.8 Å². The van der Waals surface area contributed by atoms with Gasteiger partial charge in [0.1, 0.15) is 11.8 Å². The maximum Gasteiger partial charge on any atom is 0.182 e. The maximum atomic E-state index is 4.32. The molecule has 0 radical (unpaired) electrons. The van der Waals surface area contributed by atoms with Crippen molar-refractivity contribution in [3.05, 3.63) is 12.7 Å². The molecule has 0 saturated carbocycles. The van der Waals surface area contributed by atoms with Gasteiger partial charge in [0.2, 0.25) is 0 Å². The molecular formula is C10H15N5. The lowest BCUT2D eigenvalue weighted by atomic mass is 10.3. The number of imidazole rings is 1. The van der Waals surface area contributed by atoms with Gasteiger partial charge in [-0.15, -0.1) is 0 Å². The van der Waals surface area contributed by atoms with Gasteiger partial charge in [0.15, 0.2) is 11.5 Å². The van der Waals surface area contributed by atoms with E-state index in [0.717, 1.165) is 23.5 Å². The Morgan fingerprint density at radius 3 is 2.80 bits per heavy atom. The second-order valence-corrected chi connectivity index (χ2v) is 3.68. The Hall–Kier alpha value is -1.65. The average Bonchev–Trinajstić information content (AvgIpc) is 2.66. The fourth-order valence-corrected chi connectivity index (χ4v) is 1.73. The van der Waals surface area contributed by atoms with Crippen LogP contribution in [0.2, 0.25) is 0 Å². The number of anilines is 1. The number of H-pyrrole nitrogens is 1. The quantitative estimate of drug-likeness (QED) is 0.826. The minimum absolute atomic E-state index is 0.413. The second-order valence-electron chi connectivity index (χ2n) is 3.68. The number of hydrogen-bond donors (Lipinski definition) is 1. The highest BCUT2D eigenvalue weighted by molar-refractivity contribution is 5.82. The zero-order valence-corrected chi connectivity index (χ0v) is 9.23. The first-order valence-corrected chi connectivity index (χ1v) is 5.14. The van der Waals surface area contributed by atoms with Crippen molar-refractivity contribution < 1.29 is 0 Å². The predicted molar refractivity (Wildman–Crippen MR) is 59.8 cm³/mol. The standard InChI is InChI=1S/C10H15N5/c1-4-15(7(2)3)10-8-9(12-5-11-8)13-6-14-10/h5-7H,4H2,1-3H3,(H,11,12,13,14). The number of nitrogens with one attached hydrogen (secondary N) is 1. The Morgan fingerprint density at radius 2 is 2.13 bits per heavy atom. The summed E-state index contributed by atoms with van der Waals surface area (Å²) >= 11 is 0. The Labute approximate surface area is 88.6 Å². The monoisotopic (exact) mass is 205 g/mol. The molecule has 5 heteroatoms. The van der Waals surface area contributed by atoms with Gasteiger partial charge < -0.3 is 9.88 Å². The second kappa shape index (κ2) is 3.84. The molecule has 0 unspecified atom stereocenters. The van der Waals surface area contributed by atoms with E-state index in [1.807, 2.05) is 0 Å². The molecule has 80 valence electrons. The molecule has 1 N–H and O–H groups in total. The van der Waals surface area contributed by atoms with Crippen LogP contribution in [0.25, 0.3) is 11.2 Å². The highest BCUT2D eigenvalue weighted by Crippen LogP contribution is 2.20. The van der Waals surface area contributed by atoms with Gasteiger partial charge >= 0.3 is 0 Å². The van der Waals surface area contributed by atoms with Crippen LogP contribution in [0.5, 0.6) is 0 Å². The molecule has 0 fully saturated rings. The van der Waals surface area contributed by atoms with Crippen LogP contribution in [0.4, 0.5) is 5.82 Å². The van der Waals surface area contributed by atoms with Crippen LogP contribution in [-0.4, -0.2) is 32.5 Å². The minimum Gasteiger partial charge on any atom is -0.353 e. The van der Waals surface area contributed by atoms with Crippen LogP contribution in [0.1, 0.15) is 20.8 Å². The van der Waals surface area contributed by atoms with Gasteiger partial charge in [0, 0.05) is 12.6 Å². The molecule has 2 aromatic rings. The van der Waals surface area contributed by atoms with E-state index in [1.165, 1.54) is 0 Å². The third kappa shape index (κ3) is 1.65. The molecule has 0 aliphatic rings. The van der Waals surface area contributed by atoms with E-state index < -0.39 is 0 Å².